The van der Waals surface area contributed by atoms with Crippen molar-refractivity contribution in [3.8, 4) is 0 Å². The van der Waals surface area contributed by atoms with Crippen molar-refractivity contribution in [2.75, 3.05) is 23.3 Å². The van der Waals surface area contributed by atoms with Gasteiger partial charge in [0.25, 0.3) is 0 Å². The Hall–Kier alpha value is -1.75. The molecule has 0 aliphatic rings. The summed E-state index contributed by atoms with van der Waals surface area (Å²) < 4.78 is 0. The molecule has 0 bridgehead atoms. The summed E-state index contributed by atoms with van der Waals surface area (Å²) in [6.45, 7) is 0.831. The van der Waals surface area contributed by atoms with Crippen LogP contribution in [0.15, 0.2) is 47.6 Å². The van der Waals surface area contributed by atoms with E-state index in [1.54, 1.807) is 18.0 Å². The van der Waals surface area contributed by atoms with E-state index in [2.05, 4.69) is 27.4 Å². The molecule has 3 N–H and O–H groups in total. The molecule has 0 aliphatic carbocycles. The van der Waals surface area contributed by atoms with E-state index in [1.807, 2.05) is 18.2 Å². The number of aromatic nitrogens is 2. The number of hydrogen-bond acceptors (Lipinski definition) is 5. The number of nitrogens with zero attached hydrogens (tertiary/aromatic N) is 2. The summed E-state index contributed by atoms with van der Waals surface area (Å²) in [5, 5.41) is 3.18. The molecule has 17 heavy (non-hydrogen) atoms. The Morgan fingerprint density at radius 1 is 1.18 bits per heavy atom. The summed E-state index contributed by atoms with van der Waals surface area (Å²) in [7, 11) is 0. The summed E-state index contributed by atoms with van der Waals surface area (Å²) >= 11 is 1.80. The van der Waals surface area contributed by atoms with Crippen molar-refractivity contribution in [3.05, 3.63) is 42.7 Å². The highest BCUT2D eigenvalue weighted by molar-refractivity contribution is 7.99. The number of nitrogen functional groups attached to an aromatic ring is 1. The molecule has 2 aromatic rings. The van der Waals surface area contributed by atoms with Crippen LogP contribution in [0.5, 0.6) is 0 Å². The van der Waals surface area contributed by atoms with Crippen LogP contribution in [0, 0.1) is 0 Å². The zero-order valence-corrected chi connectivity index (χ0v) is 10.2. The molecular weight excluding hydrogens is 232 g/mol. The van der Waals surface area contributed by atoms with Gasteiger partial charge in [0.15, 0.2) is 0 Å². The van der Waals surface area contributed by atoms with Gasteiger partial charge in [-0.25, -0.2) is 4.98 Å². The maximum Gasteiger partial charge on any atom is 0.146 e. The Morgan fingerprint density at radius 3 is 2.76 bits per heavy atom. The van der Waals surface area contributed by atoms with Crippen LogP contribution < -0.4 is 11.1 Å². The molecule has 4 nitrogen and oxygen atoms in total. The van der Waals surface area contributed by atoms with Crippen LogP contribution in [0.25, 0.3) is 0 Å². The van der Waals surface area contributed by atoms with E-state index >= 15 is 0 Å². The SMILES string of the molecule is Nc1cncc(NCCSc2ccccc2)n1. The van der Waals surface area contributed by atoms with Crippen LogP contribution in [-0.4, -0.2) is 22.3 Å². The number of thioether (sulfide) groups is 1. The fraction of sp³-hybridized carbons (Fsp3) is 0.167. The maximum absolute atomic E-state index is 5.54. The van der Waals surface area contributed by atoms with Gasteiger partial charge in [-0.1, -0.05) is 18.2 Å². The van der Waals surface area contributed by atoms with Gasteiger partial charge in [-0.05, 0) is 12.1 Å². The first-order chi connectivity index (χ1) is 8.34. The number of nitrogens with two attached hydrogens (primary N) is 1. The molecule has 0 fully saturated rings. The largest absolute Gasteiger partial charge is 0.382 e. The fourth-order valence-electron chi connectivity index (χ4n) is 1.33. The lowest BCUT2D eigenvalue weighted by atomic mass is 10.4. The highest BCUT2D eigenvalue weighted by Crippen LogP contribution is 2.16. The van der Waals surface area contributed by atoms with Crippen molar-refractivity contribution < 1.29 is 0 Å². The summed E-state index contributed by atoms with van der Waals surface area (Å²) in [5.74, 6) is 2.13. The number of benzene rings is 1. The van der Waals surface area contributed by atoms with Gasteiger partial charge in [0.1, 0.15) is 11.6 Å². The summed E-state index contributed by atoms with van der Waals surface area (Å²) in [6.07, 6.45) is 3.20. The number of nitrogens with one attached hydrogen (secondary N) is 1. The van der Waals surface area contributed by atoms with E-state index in [0.717, 1.165) is 18.1 Å². The smallest absolute Gasteiger partial charge is 0.146 e. The molecule has 1 aromatic heterocycles. The minimum Gasteiger partial charge on any atom is -0.382 e. The lowest BCUT2D eigenvalue weighted by Gasteiger charge is -2.05. The standard InChI is InChI=1S/C12H14N4S/c13-11-8-14-9-12(16-11)15-6-7-17-10-4-2-1-3-5-10/h1-5,8-9H,6-7H2,(H3,13,15,16). The monoisotopic (exact) mass is 246 g/mol. The molecule has 0 radical (unpaired) electrons. The molecule has 0 amide bonds. The van der Waals surface area contributed by atoms with Crippen molar-refractivity contribution in [1.29, 1.82) is 0 Å². The molecule has 0 saturated carbocycles. The van der Waals surface area contributed by atoms with Crippen molar-refractivity contribution in [3.63, 3.8) is 0 Å². The first-order valence-electron chi connectivity index (χ1n) is 5.34. The highest BCUT2D eigenvalue weighted by atomic mass is 32.2. The van der Waals surface area contributed by atoms with Crippen molar-refractivity contribution in [2.45, 2.75) is 4.90 Å². The first kappa shape index (κ1) is 11.7. The third kappa shape index (κ3) is 3.96. The maximum atomic E-state index is 5.54. The molecule has 5 heteroatoms. The Morgan fingerprint density at radius 2 is 2.00 bits per heavy atom. The zero-order valence-electron chi connectivity index (χ0n) is 9.34. The number of anilines is 2. The second-order valence-corrected chi connectivity index (χ2v) is 4.59. The molecule has 2 rings (SSSR count). The van der Waals surface area contributed by atoms with Gasteiger partial charge < -0.3 is 11.1 Å². The molecule has 1 aromatic carbocycles. The molecule has 0 aliphatic heterocycles. The van der Waals surface area contributed by atoms with Crippen molar-refractivity contribution >= 4 is 23.4 Å². The molecule has 0 saturated heterocycles. The molecule has 88 valence electrons. The Labute approximate surface area is 105 Å². The number of hydrogen-bond donors (Lipinski definition) is 2. The van der Waals surface area contributed by atoms with E-state index in [1.165, 1.54) is 11.1 Å². The molecular formula is C12H14N4S. The van der Waals surface area contributed by atoms with E-state index in [9.17, 15) is 0 Å². The fourth-order valence-corrected chi connectivity index (χ4v) is 2.12. The van der Waals surface area contributed by atoms with E-state index in [-0.39, 0.29) is 0 Å². The van der Waals surface area contributed by atoms with Gasteiger partial charge in [0, 0.05) is 17.2 Å². The predicted octanol–water partition coefficient (Wildman–Crippen LogP) is 2.26. The second-order valence-electron chi connectivity index (χ2n) is 3.42. The third-order valence-electron chi connectivity index (χ3n) is 2.07. The topological polar surface area (TPSA) is 63.8 Å². The van der Waals surface area contributed by atoms with Gasteiger partial charge in [0.05, 0.1) is 12.4 Å². The van der Waals surface area contributed by atoms with Crippen LogP contribution in [0.1, 0.15) is 0 Å². The molecule has 1 heterocycles. The normalized spacial score (nSPS) is 10.1. The van der Waals surface area contributed by atoms with Gasteiger partial charge in [-0.2, -0.15) is 0 Å². The zero-order chi connectivity index (χ0) is 11.9. The lowest BCUT2D eigenvalue weighted by Crippen LogP contribution is -2.06. The Kier molecular flexibility index (Phi) is 4.21. The van der Waals surface area contributed by atoms with Gasteiger partial charge >= 0.3 is 0 Å². The minimum absolute atomic E-state index is 0.436. The molecule has 0 unspecified atom stereocenters. The lowest BCUT2D eigenvalue weighted by molar-refractivity contribution is 1.13. The van der Waals surface area contributed by atoms with Gasteiger partial charge in [-0.15, -0.1) is 11.8 Å². The van der Waals surface area contributed by atoms with Crippen molar-refractivity contribution in [2.24, 2.45) is 0 Å². The van der Waals surface area contributed by atoms with Crippen LogP contribution >= 0.6 is 11.8 Å². The average Bonchev–Trinajstić information content (AvgIpc) is 2.36. The van der Waals surface area contributed by atoms with Crippen LogP contribution in [0.4, 0.5) is 11.6 Å². The molecule has 0 spiro atoms. The van der Waals surface area contributed by atoms with E-state index < -0.39 is 0 Å². The number of rotatable bonds is 5. The van der Waals surface area contributed by atoms with Crippen LogP contribution in [-0.2, 0) is 0 Å². The second kappa shape index (κ2) is 6.10. The van der Waals surface area contributed by atoms with Gasteiger partial charge in [-0.3, -0.25) is 4.98 Å². The third-order valence-corrected chi connectivity index (χ3v) is 3.09. The van der Waals surface area contributed by atoms with E-state index in [0.29, 0.717) is 5.82 Å². The Bertz CT molecular complexity index is 461. The average molecular weight is 246 g/mol. The highest BCUT2D eigenvalue weighted by Gasteiger charge is 1.96. The van der Waals surface area contributed by atoms with Crippen LogP contribution in [0.3, 0.4) is 0 Å². The predicted molar refractivity (Wildman–Crippen MR) is 72.1 cm³/mol. The van der Waals surface area contributed by atoms with E-state index in [4.69, 9.17) is 5.73 Å². The minimum atomic E-state index is 0.436. The summed E-state index contributed by atoms with van der Waals surface area (Å²) in [4.78, 5) is 9.35. The summed E-state index contributed by atoms with van der Waals surface area (Å²) in [6, 6.07) is 10.3. The Balaban J connectivity index is 1.73. The van der Waals surface area contributed by atoms with Gasteiger partial charge in [0.2, 0.25) is 0 Å². The molecule has 0 atom stereocenters. The van der Waals surface area contributed by atoms with Crippen LogP contribution in [0.2, 0.25) is 0 Å². The van der Waals surface area contributed by atoms with Crippen molar-refractivity contribution in [1.82, 2.24) is 9.97 Å². The first-order valence-corrected chi connectivity index (χ1v) is 6.32. The quantitative estimate of drug-likeness (QED) is 0.626. The summed E-state index contributed by atoms with van der Waals surface area (Å²) in [5.41, 5.74) is 5.54.